The fourth-order valence-corrected chi connectivity index (χ4v) is 1.80. The number of rotatable bonds is 7. The van der Waals surface area contributed by atoms with Crippen molar-refractivity contribution in [3.05, 3.63) is 11.7 Å². The van der Waals surface area contributed by atoms with Crippen LogP contribution in [0.2, 0.25) is 0 Å². The van der Waals surface area contributed by atoms with Crippen LogP contribution < -0.4 is 5.73 Å². The number of hydrogen-bond donors (Lipinski definition) is 1. The molecule has 0 fully saturated rings. The molecule has 1 unspecified atom stereocenters. The molecule has 2 N–H and O–H groups in total. The lowest BCUT2D eigenvalue weighted by molar-refractivity contribution is -0.134. The summed E-state index contributed by atoms with van der Waals surface area (Å²) >= 11 is 0. The molecule has 132 valence electrons. The lowest BCUT2D eigenvalue weighted by atomic mass is 9.86. The van der Waals surface area contributed by atoms with Gasteiger partial charge in [0.05, 0.1) is 12.6 Å². The standard InChI is InChI=1S/C16H30N4O3/c1-10(2)9-22-11(3)14-18-12(23-19-14)8-20(7)15(21)13(17)16(4,5)6/h10-11,13H,8-9,17H2,1-7H3/t11?,13-/m1/s1. The van der Waals surface area contributed by atoms with Crippen LogP contribution in [0.25, 0.3) is 0 Å². The molecule has 1 amide bonds. The van der Waals surface area contributed by atoms with Gasteiger partial charge in [0.2, 0.25) is 11.8 Å². The van der Waals surface area contributed by atoms with Crippen LogP contribution in [0.4, 0.5) is 0 Å². The Morgan fingerprint density at radius 3 is 2.48 bits per heavy atom. The molecule has 0 bridgehead atoms. The number of carbonyl (C=O) groups is 1. The minimum Gasteiger partial charge on any atom is -0.370 e. The number of hydrogen-bond acceptors (Lipinski definition) is 6. The molecule has 0 spiro atoms. The summed E-state index contributed by atoms with van der Waals surface area (Å²) in [4.78, 5) is 18.1. The van der Waals surface area contributed by atoms with Crippen LogP contribution in [0.5, 0.6) is 0 Å². The first kappa shape index (κ1) is 19.6. The third-order valence-corrected chi connectivity index (χ3v) is 3.47. The highest BCUT2D eigenvalue weighted by atomic mass is 16.5. The monoisotopic (exact) mass is 326 g/mol. The maximum absolute atomic E-state index is 12.3. The fraction of sp³-hybridized carbons (Fsp3) is 0.812. The van der Waals surface area contributed by atoms with Gasteiger partial charge in [-0.05, 0) is 18.3 Å². The summed E-state index contributed by atoms with van der Waals surface area (Å²) in [6.45, 7) is 12.7. The van der Waals surface area contributed by atoms with Crippen LogP contribution in [0.1, 0.15) is 59.4 Å². The Morgan fingerprint density at radius 1 is 1.35 bits per heavy atom. The molecule has 0 radical (unpaired) electrons. The zero-order valence-corrected chi connectivity index (χ0v) is 15.3. The SMILES string of the molecule is CC(C)COC(C)c1noc(CN(C)C(=O)[C@@H](N)C(C)(C)C)n1. The fourth-order valence-electron chi connectivity index (χ4n) is 1.80. The van der Waals surface area contributed by atoms with Crippen molar-refractivity contribution in [3.8, 4) is 0 Å². The Labute approximate surface area is 138 Å². The van der Waals surface area contributed by atoms with Gasteiger partial charge in [0.25, 0.3) is 0 Å². The van der Waals surface area contributed by atoms with E-state index in [2.05, 4.69) is 24.0 Å². The van der Waals surface area contributed by atoms with Crippen molar-refractivity contribution in [1.29, 1.82) is 0 Å². The molecule has 2 atom stereocenters. The highest BCUT2D eigenvalue weighted by molar-refractivity contribution is 5.82. The Balaban J connectivity index is 2.63. The minimum absolute atomic E-state index is 0.152. The number of nitrogens with two attached hydrogens (primary N) is 1. The smallest absolute Gasteiger partial charge is 0.246 e. The molecular weight excluding hydrogens is 296 g/mol. The summed E-state index contributed by atoms with van der Waals surface area (Å²) in [6, 6.07) is -0.580. The molecule has 0 aliphatic rings. The second kappa shape index (κ2) is 7.88. The van der Waals surface area contributed by atoms with Crippen molar-refractivity contribution < 1.29 is 14.1 Å². The van der Waals surface area contributed by atoms with E-state index in [-0.39, 0.29) is 24.0 Å². The Hall–Kier alpha value is -1.47. The average molecular weight is 326 g/mol. The molecule has 0 aliphatic carbocycles. The zero-order valence-electron chi connectivity index (χ0n) is 15.3. The van der Waals surface area contributed by atoms with Gasteiger partial charge < -0.3 is 19.9 Å². The van der Waals surface area contributed by atoms with E-state index in [1.165, 1.54) is 4.90 Å². The van der Waals surface area contributed by atoms with Gasteiger partial charge in [0.15, 0.2) is 5.82 Å². The molecule has 1 aromatic rings. The predicted molar refractivity (Wildman–Crippen MR) is 87.4 cm³/mol. The Bertz CT molecular complexity index is 508. The van der Waals surface area contributed by atoms with Crippen molar-refractivity contribution in [3.63, 3.8) is 0 Å². The number of amides is 1. The van der Waals surface area contributed by atoms with E-state index in [1.54, 1.807) is 7.05 Å². The Kier molecular flexibility index (Phi) is 6.70. The normalized spacial score (nSPS) is 14.8. The van der Waals surface area contributed by atoms with Gasteiger partial charge in [0.1, 0.15) is 6.10 Å². The van der Waals surface area contributed by atoms with E-state index in [4.69, 9.17) is 15.0 Å². The van der Waals surface area contributed by atoms with E-state index in [0.29, 0.717) is 24.2 Å². The van der Waals surface area contributed by atoms with E-state index < -0.39 is 6.04 Å². The van der Waals surface area contributed by atoms with Crippen LogP contribution in [0, 0.1) is 11.3 Å². The van der Waals surface area contributed by atoms with Crippen molar-refractivity contribution >= 4 is 5.91 Å². The van der Waals surface area contributed by atoms with Gasteiger partial charge in [0, 0.05) is 13.7 Å². The average Bonchev–Trinajstić information content (AvgIpc) is 2.90. The highest BCUT2D eigenvalue weighted by Crippen LogP contribution is 2.20. The van der Waals surface area contributed by atoms with E-state index in [0.717, 1.165) is 0 Å². The Morgan fingerprint density at radius 2 is 1.96 bits per heavy atom. The van der Waals surface area contributed by atoms with Gasteiger partial charge >= 0.3 is 0 Å². The second-order valence-electron chi connectivity index (χ2n) is 7.45. The number of nitrogens with zero attached hydrogens (tertiary/aromatic N) is 3. The third-order valence-electron chi connectivity index (χ3n) is 3.47. The van der Waals surface area contributed by atoms with Gasteiger partial charge in [-0.3, -0.25) is 4.79 Å². The van der Waals surface area contributed by atoms with Crippen molar-refractivity contribution in [2.24, 2.45) is 17.1 Å². The number of carbonyl (C=O) groups excluding carboxylic acids is 1. The van der Waals surface area contributed by atoms with Crippen molar-refractivity contribution in [1.82, 2.24) is 15.0 Å². The summed E-state index contributed by atoms with van der Waals surface area (Å²) in [5.74, 6) is 1.14. The van der Waals surface area contributed by atoms with Gasteiger partial charge in [-0.15, -0.1) is 0 Å². The summed E-state index contributed by atoms with van der Waals surface area (Å²) in [7, 11) is 1.68. The maximum atomic E-state index is 12.3. The summed E-state index contributed by atoms with van der Waals surface area (Å²) in [5.41, 5.74) is 5.69. The van der Waals surface area contributed by atoms with Gasteiger partial charge in [-0.1, -0.05) is 39.8 Å². The van der Waals surface area contributed by atoms with Crippen LogP contribution in [0.15, 0.2) is 4.52 Å². The molecule has 0 saturated heterocycles. The molecule has 0 aliphatic heterocycles. The highest BCUT2D eigenvalue weighted by Gasteiger charge is 2.30. The lowest BCUT2D eigenvalue weighted by Gasteiger charge is -2.29. The number of likely N-dealkylation sites (N-methyl/N-ethyl adjacent to an activating group) is 1. The molecule has 1 heterocycles. The lowest BCUT2D eigenvalue weighted by Crippen LogP contribution is -2.48. The topological polar surface area (TPSA) is 94.5 Å². The summed E-state index contributed by atoms with van der Waals surface area (Å²) in [5, 5.41) is 3.92. The molecule has 7 heteroatoms. The number of ether oxygens (including phenoxy) is 1. The van der Waals surface area contributed by atoms with Crippen molar-refractivity contribution in [2.45, 2.75) is 60.2 Å². The van der Waals surface area contributed by atoms with Crippen LogP contribution in [0.3, 0.4) is 0 Å². The summed E-state index contributed by atoms with van der Waals surface area (Å²) < 4.78 is 10.9. The van der Waals surface area contributed by atoms with Crippen LogP contribution in [-0.2, 0) is 16.1 Å². The molecule has 23 heavy (non-hydrogen) atoms. The zero-order chi connectivity index (χ0) is 17.8. The first-order valence-electron chi connectivity index (χ1n) is 7.97. The van der Waals surface area contributed by atoms with Gasteiger partial charge in [-0.25, -0.2) is 0 Å². The van der Waals surface area contributed by atoms with E-state index >= 15 is 0 Å². The molecule has 7 nitrogen and oxygen atoms in total. The maximum Gasteiger partial charge on any atom is 0.246 e. The number of aromatic nitrogens is 2. The largest absolute Gasteiger partial charge is 0.370 e. The van der Waals surface area contributed by atoms with E-state index in [1.807, 2.05) is 27.7 Å². The predicted octanol–water partition coefficient (Wildman–Crippen LogP) is 2.13. The third kappa shape index (κ3) is 5.91. The minimum atomic E-state index is -0.580. The molecule has 1 aromatic heterocycles. The molecule has 1 rings (SSSR count). The second-order valence-corrected chi connectivity index (χ2v) is 7.45. The van der Waals surface area contributed by atoms with Crippen LogP contribution >= 0.6 is 0 Å². The molecular formula is C16H30N4O3. The quantitative estimate of drug-likeness (QED) is 0.825. The first-order chi connectivity index (χ1) is 10.5. The molecule has 0 aromatic carbocycles. The first-order valence-corrected chi connectivity index (χ1v) is 7.97. The molecule has 0 saturated carbocycles. The van der Waals surface area contributed by atoms with Crippen molar-refractivity contribution in [2.75, 3.05) is 13.7 Å². The van der Waals surface area contributed by atoms with Gasteiger partial charge in [-0.2, -0.15) is 4.98 Å². The van der Waals surface area contributed by atoms with Crippen LogP contribution in [-0.4, -0.2) is 40.6 Å². The summed E-state index contributed by atoms with van der Waals surface area (Å²) in [6.07, 6.45) is -0.243. The van der Waals surface area contributed by atoms with E-state index in [9.17, 15) is 4.79 Å².